The molecule has 2 rings (SSSR count). The van der Waals surface area contributed by atoms with Crippen molar-refractivity contribution in [1.82, 2.24) is 10.2 Å². The smallest absolute Gasteiger partial charge is 0.242 e. The molecule has 1 N–H and O–H groups in total. The van der Waals surface area contributed by atoms with Gasteiger partial charge in [-0.15, -0.1) is 0 Å². The Labute approximate surface area is 102 Å². The third kappa shape index (κ3) is 2.68. The fourth-order valence-electron chi connectivity index (χ4n) is 2.63. The van der Waals surface area contributed by atoms with Crippen molar-refractivity contribution in [3.8, 4) is 0 Å². The van der Waals surface area contributed by atoms with E-state index in [0.29, 0.717) is 31.8 Å². The average Bonchev–Trinajstić information content (AvgIpc) is 2.81. The standard InChI is InChI=1S/C13H20N2O2/c1-2-11-13(17)14-7-8-15(11)12(16)9-10-5-3-4-6-10/h3,5,10-11H,2,4,6-9H2,1H3,(H,14,17). The predicted molar refractivity (Wildman–Crippen MR) is 65.3 cm³/mol. The fourth-order valence-corrected chi connectivity index (χ4v) is 2.63. The summed E-state index contributed by atoms with van der Waals surface area (Å²) in [6, 6.07) is -0.262. The van der Waals surface area contributed by atoms with Gasteiger partial charge in [0, 0.05) is 19.5 Å². The molecule has 1 fully saturated rings. The number of nitrogens with zero attached hydrogens (tertiary/aromatic N) is 1. The summed E-state index contributed by atoms with van der Waals surface area (Å²) in [5, 5.41) is 2.81. The molecule has 1 aliphatic heterocycles. The topological polar surface area (TPSA) is 49.4 Å². The number of piperazine rings is 1. The molecule has 2 unspecified atom stereocenters. The minimum atomic E-state index is -0.262. The molecule has 0 spiro atoms. The highest BCUT2D eigenvalue weighted by Crippen LogP contribution is 2.22. The Morgan fingerprint density at radius 1 is 1.59 bits per heavy atom. The lowest BCUT2D eigenvalue weighted by Gasteiger charge is -2.35. The van der Waals surface area contributed by atoms with Gasteiger partial charge in [0.15, 0.2) is 0 Å². The average molecular weight is 236 g/mol. The highest BCUT2D eigenvalue weighted by atomic mass is 16.2. The van der Waals surface area contributed by atoms with Crippen molar-refractivity contribution in [3.05, 3.63) is 12.2 Å². The normalized spacial score (nSPS) is 28.3. The number of rotatable bonds is 3. The van der Waals surface area contributed by atoms with Gasteiger partial charge in [-0.3, -0.25) is 9.59 Å². The van der Waals surface area contributed by atoms with Gasteiger partial charge in [-0.2, -0.15) is 0 Å². The summed E-state index contributed by atoms with van der Waals surface area (Å²) in [7, 11) is 0. The second kappa shape index (κ2) is 5.34. The number of amides is 2. The second-order valence-corrected chi connectivity index (χ2v) is 4.77. The van der Waals surface area contributed by atoms with Crippen molar-refractivity contribution in [2.75, 3.05) is 13.1 Å². The fraction of sp³-hybridized carbons (Fsp3) is 0.692. The SMILES string of the molecule is CCC1C(=O)NCCN1C(=O)CC1C=CCC1. The Morgan fingerprint density at radius 2 is 2.41 bits per heavy atom. The molecule has 94 valence electrons. The van der Waals surface area contributed by atoms with E-state index in [1.807, 2.05) is 6.92 Å². The van der Waals surface area contributed by atoms with Gasteiger partial charge >= 0.3 is 0 Å². The van der Waals surface area contributed by atoms with Crippen molar-refractivity contribution in [3.63, 3.8) is 0 Å². The molecule has 0 aromatic heterocycles. The highest BCUT2D eigenvalue weighted by Gasteiger charge is 2.32. The predicted octanol–water partition coefficient (Wildman–Crippen LogP) is 1.08. The molecule has 0 saturated carbocycles. The van der Waals surface area contributed by atoms with Crippen LogP contribution in [-0.4, -0.2) is 35.8 Å². The van der Waals surface area contributed by atoms with E-state index in [-0.39, 0.29) is 17.9 Å². The molecule has 2 aliphatic rings. The molecular formula is C13H20N2O2. The van der Waals surface area contributed by atoms with E-state index < -0.39 is 0 Å². The third-order valence-corrected chi connectivity index (χ3v) is 3.59. The van der Waals surface area contributed by atoms with E-state index in [1.165, 1.54) is 0 Å². The molecule has 0 bridgehead atoms. The van der Waals surface area contributed by atoms with Crippen LogP contribution in [0.1, 0.15) is 32.6 Å². The maximum atomic E-state index is 12.2. The Bertz CT molecular complexity index is 338. The van der Waals surface area contributed by atoms with Gasteiger partial charge in [-0.05, 0) is 25.2 Å². The first-order valence-corrected chi connectivity index (χ1v) is 6.46. The maximum Gasteiger partial charge on any atom is 0.242 e. The number of allylic oxidation sites excluding steroid dienone is 2. The summed E-state index contributed by atoms with van der Waals surface area (Å²) in [5.74, 6) is 0.502. The highest BCUT2D eigenvalue weighted by molar-refractivity contribution is 5.88. The monoisotopic (exact) mass is 236 g/mol. The quantitative estimate of drug-likeness (QED) is 0.745. The first-order chi connectivity index (χ1) is 8.22. The number of nitrogens with one attached hydrogen (secondary N) is 1. The van der Waals surface area contributed by atoms with Crippen LogP contribution in [0.4, 0.5) is 0 Å². The number of carbonyl (C=O) groups is 2. The molecule has 4 heteroatoms. The third-order valence-electron chi connectivity index (χ3n) is 3.59. The van der Waals surface area contributed by atoms with E-state index in [9.17, 15) is 9.59 Å². The Balaban J connectivity index is 1.96. The number of hydrogen-bond acceptors (Lipinski definition) is 2. The van der Waals surface area contributed by atoms with Crippen LogP contribution < -0.4 is 5.32 Å². The minimum Gasteiger partial charge on any atom is -0.353 e. The summed E-state index contributed by atoms with van der Waals surface area (Å²) in [6.45, 7) is 3.19. The molecule has 17 heavy (non-hydrogen) atoms. The summed E-state index contributed by atoms with van der Waals surface area (Å²) >= 11 is 0. The van der Waals surface area contributed by atoms with E-state index in [2.05, 4.69) is 17.5 Å². The number of carbonyl (C=O) groups excluding carboxylic acids is 2. The van der Waals surface area contributed by atoms with Crippen LogP contribution in [0, 0.1) is 5.92 Å². The maximum absolute atomic E-state index is 12.2. The zero-order valence-electron chi connectivity index (χ0n) is 10.3. The van der Waals surface area contributed by atoms with Crippen molar-refractivity contribution >= 4 is 11.8 Å². The van der Waals surface area contributed by atoms with Gasteiger partial charge in [-0.1, -0.05) is 19.1 Å². The summed E-state index contributed by atoms with van der Waals surface area (Å²) < 4.78 is 0. The van der Waals surface area contributed by atoms with E-state index >= 15 is 0 Å². The first kappa shape index (κ1) is 12.1. The lowest BCUT2D eigenvalue weighted by molar-refractivity contribution is -0.143. The molecule has 0 radical (unpaired) electrons. The minimum absolute atomic E-state index is 0.00550. The summed E-state index contributed by atoms with van der Waals surface area (Å²) in [4.78, 5) is 25.6. The Morgan fingerprint density at radius 3 is 3.06 bits per heavy atom. The van der Waals surface area contributed by atoms with E-state index in [1.54, 1.807) is 4.90 Å². The summed E-state index contributed by atoms with van der Waals surface area (Å²) in [6.07, 6.45) is 7.66. The van der Waals surface area contributed by atoms with Crippen LogP contribution in [0.2, 0.25) is 0 Å². The van der Waals surface area contributed by atoms with E-state index in [4.69, 9.17) is 0 Å². The second-order valence-electron chi connectivity index (χ2n) is 4.77. The van der Waals surface area contributed by atoms with Crippen LogP contribution in [0.3, 0.4) is 0 Å². The number of hydrogen-bond donors (Lipinski definition) is 1. The van der Waals surface area contributed by atoms with Crippen LogP contribution in [0.5, 0.6) is 0 Å². The Kier molecular flexibility index (Phi) is 3.82. The molecule has 1 aliphatic carbocycles. The van der Waals surface area contributed by atoms with Crippen molar-refractivity contribution in [1.29, 1.82) is 0 Å². The van der Waals surface area contributed by atoms with Gasteiger partial charge in [0.1, 0.15) is 6.04 Å². The molecule has 0 aromatic carbocycles. The molecule has 2 amide bonds. The molecule has 1 heterocycles. The molecule has 0 aromatic rings. The molecule has 1 saturated heterocycles. The largest absolute Gasteiger partial charge is 0.353 e. The van der Waals surface area contributed by atoms with Crippen LogP contribution in [-0.2, 0) is 9.59 Å². The zero-order chi connectivity index (χ0) is 12.3. The van der Waals surface area contributed by atoms with Crippen molar-refractivity contribution in [2.45, 2.75) is 38.6 Å². The van der Waals surface area contributed by atoms with E-state index in [0.717, 1.165) is 12.8 Å². The van der Waals surface area contributed by atoms with Gasteiger partial charge in [0.05, 0.1) is 0 Å². The van der Waals surface area contributed by atoms with Crippen LogP contribution >= 0.6 is 0 Å². The van der Waals surface area contributed by atoms with Crippen LogP contribution in [0.25, 0.3) is 0 Å². The first-order valence-electron chi connectivity index (χ1n) is 6.46. The van der Waals surface area contributed by atoms with Gasteiger partial charge in [-0.25, -0.2) is 0 Å². The molecule has 2 atom stereocenters. The van der Waals surface area contributed by atoms with Crippen LogP contribution in [0.15, 0.2) is 12.2 Å². The van der Waals surface area contributed by atoms with Gasteiger partial charge in [0.2, 0.25) is 11.8 Å². The zero-order valence-corrected chi connectivity index (χ0v) is 10.3. The lowest BCUT2D eigenvalue weighted by atomic mass is 10.0. The van der Waals surface area contributed by atoms with Gasteiger partial charge in [0.25, 0.3) is 0 Å². The van der Waals surface area contributed by atoms with Crippen molar-refractivity contribution < 1.29 is 9.59 Å². The Hall–Kier alpha value is -1.32. The lowest BCUT2D eigenvalue weighted by Crippen LogP contribution is -2.57. The molecule has 4 nitrogen and oxygen atoms in total. The van der Waals surface area contributed by atoms with Crippen molar-refractivity contribution in [2.24, 2.45) is 5.92 Å². The molecular weight excluding hydrogens is 216 g/mol. The summed E-state index contributed by atoms with van der Waals surface area (Å²) in [5.41, 5.74) is 0. The van der Waals surface area contributed by atoms with Gasteiger partial charge < -0.3 is 10.2 Å².